The Bertz CT molecular complexity index is 150. The van der Waals surface area contributed by atoms with Crippen LogP contribution in [0.1, 0.15) is 19.3 Å². The van der Waals surface area contributed by atoms with Crippen molar-refractivity contribution in [3.05, 3.63) is 6.92 Å². The Balaban J connectivity index is 4.11. The van der Waals surface area contributed by atoms with Crippen molar-refractivity contribution in [2.24, 2.45) is 0 Å². The van der Waals surface area contributed by atoms with Gasteiger partial charge in [0.05, 0.1) is 6.42 Å². The Morgan fingerprint density at radius 3 is 1.85 bits per heavy atom. The molecule has 0 aromatic rings. The van der Waals surface area contributed by atoms with Gasteiger partial charge in [0.15, 0.2) is 0 Å². The number of hydrogen-bond acceptors (Lipinski definition) is 0. The molecule has 79 valence electrons. The van der Waals surface area contributed by atoms with Gasteiger partial charge >= 0.3 is 6.18 Å². The molecule has 0 aliphatic heterocycles. The minimum atomic E-state index is -5.20. The quantitative estimate of drug-likeness (QED) is 0.618. The van der Waals surface area contributed by atoms with E-state index in [9.17, 15) is 26.3 Å². The fraction of sp³-hybridized carbons (Fsp3) is 0.857. The van der Waals surface area contributed by atoms with Crippen molar-refractivity contribution >= 4 is 0 Å². The van der Waals surface area contributed by atoms with Gasteiger partial charge in [-0.15, -0.1) is 0 Å². The second-order valence-corrected chi connectivity index (χ2v) is 2.67. The van der Waals surface area contributed by atoms with Crippen LogP contribution in [-0.4, -0.2) is 18.3 Å². The molecule has 0 fully saturated rings. The molecule has 0 amide bonds. The fourth-order valence-corrected chi connectivity index (χ4v) is 0.739. The summed E-state index contributed by atoms with van der Waals surface area (Å²) in [5, 5.41) is 0. The number of rotatable bonds is 4. The maximum absolute atomic E-state index is 12.4. The van der Waals surface area contributed by atoms with Gasteiger partial charge in [-0.1, -0.05) is 6.92 Å². The molecule has 0 heterocycles. The van der Waals surface area contributed by atoms with Crippen molar-refractivity contribution in [3.63, 3.8) is 0 Å². The van der Waals surface area contributed by atoms with E-state index in [4.69, 9.17) is 0 Å². The van der Waals surface area contributed by atoms with E-state index in [-0.39, 0.29) is 6.42 Å². The Morgan fingerprint density at radius 1 is 1.08 bits per heavy atom. The maximum atomic E-state index is 12.4. The first-order valence-electron chi connectivity index (χ1n) is 3.57. The lowest BCUT2D eigenvalue weighted by Gasteiger charge is -2.19. The van der Waals surface area contributed by atoms with Crippen LogP contribution in [0.15, 0.2) is 0 Å². The topological polar surface area (TPSA) is 0 Å². The summed E-state index contributed by atoms with van der Waals surface area (Å²) in [6.07, 6.45) is -11.5. The Morgan fingerprint density at radius 2 is 1.54 bits per heavy atom. The lowest BCUT2D eigenvalue weighted by atomic mass is 10.1. The van der Waals surface area contributed by atoms with Gasteiger partial charge in [-0.2, -0.15) is 13.2 Å². The highest BCUT2D eigenvalue weighted by atomic mass is 19.4. The molecule has 0 spiro atoms. The summed E-state index contributed by atoms with van der Waals surface area (Å²) < 4.78 is 71.4. The van der Waals surface area contributed by atoms with Gasteiger partial charge in [0.1, 0.15) is 0 Å². The van der Waals surface area contributed by atoms with E-state index in [1.807, 2.05) is 0 Å². The zero-order chi connectivity index (χ0) is 10.7. The third-order valence-electron chi connectivity index (χ3n) is 1.38. The van der Waals surface area contributed by atoms with Crippen LogP contribution >= 0.6 is 0 Å². The van der Waals surface area contributed by atoms with E-state index in [2.05, 4.69) is 6.92 Å². The number of halogens is 6. The predicted molar refractivity (Wildman–Crippen MR) is 35.1 cm³/mol. The lowest BCUT2D eigenvalue weighted by Crippen LogP contribution is -2.32. The van der Waals surface area contributed by atoms with Gasteiger partial charge < -0.3 is 0 Å². The Kier molecular flexibility index (Phi) is 4.06. The summed E-state index contributed by atoms with van der Waals surface area (Å²) in [5.74, 6) is -3.63. The minimum Gasteiger partial charge on any atom is -0.237 e. The van der Waals surface area contributed by atoms with Crippen LogP contribution in [0.4, 0.5) is 26.3 Å². The fourth-order valence-electron chi connectivity index (χ4n) is 0.739. The largest absolute Gasteiger partial charge is 0.419 e. The van der Waals surface area contributed by atoms with E-state index in [1.54, 1.807) is 0 Å². The first-order valence-corrected chi connectivity index (χ1v) is 3.57. The second kappa shape index (κ2) is 4.19. The number of hydrogen-bond donors (Lipinski definition) is 0. The van der Waals surface area contributed by atoms with Crippen LogP contribution in [0.3, 0.4) is 0 Å². The molecule has 0 aliphatic rings. The van der Waals surface area contributed by atoms with Crippen molar-refractivity contribution in [1.82, 2.24) is 0 Å². The first kappa shape index (κ1) is 12.6. The van der Waals surface area contributed by atoms with E-state index in [0.717, 1.165) is 0 Å². The molecule has 1 radical (unpaired) electrons. The Labute approximate surface area is 71.9 Å². The molecule has 0 N–H and O–H groups in total. The van der Waals surface area contributed by atoms with E-state index >= 15 is 0 Å². The molecule has 13 heavy (non-hydrogen) atoms. The summed E-state index contributed by atoms with van der Waals surface area (Å²) in [6, 6.07) is 0. The molecule has 0 rings (SSSR count). The minimum absolute atomic E-state index is 0.225. The Hall–Kier alpha value is -0.420. The van der Waals surface area contributed by atoms with Crippen LogP contribution in [0.25, 0.3) is 0 Å². The highest BCUT2D eigenvalue weighted by molar-refractivity contribution is 4.76. The zero-order valence-corrected chi connectivity index (χ0v) is 6.67. The lowest BCUT2D eigenvalue weighted by molar-refractivity contribution is -0.199. The van der Waals surface area contributed by atoms with Crippen molar-refractivity contribution in [2.45, 2.75) is 37.5 Å². The highest BCUT2D eigenvalue weighted by Crippen LogP contribution is 2.34. The summed E-state index contributed by atoms with van der Waals surface area (Å²) in [5.41, 5.74) is 0. The molecule has 0 aromatic carbocycles. The van der Waals surface area contributed by atoms with Crippen LogP contribution in [0, 0.1) is 6.92 Å². The third-order valence-corrected chi connectivity index (χ3v) is 1.38. The molecule has 0 aromatic heterocycles. The monoisotopic (exact) mass is 207 g/mol. The van der Waals surface area contributed by atoms with Crippen LogP contribution in [-0.2, 0) is 0 Å². The molecule has 0 bridgehead atoms. The molecular formula is C7H9F6. The van der Waals surface area contributed by atoms with Crippen molar-refractivity contribution in [2.75, 3.05) is 0 Å². The number of alkyl halides is 6. The molecule has 0 saturated carbocycles. The summed E-state index contributed by atoms with van der Waals surface area (Å²) in [6.45, 7) is 3.06. The molecule has 0 saturated heterocycles. The maximum Gasteiger partial charge on any atom is 0.419 e. The average molecular weight is 207 g/mol. The van der Waals surface area contributed by atoms with E-state index in [1.165, 1.54) is 0 Å². The third kappa shape index (κ3) is 5.00. The average Bonchev–Trinajstić information content (AvgIpc) is 1.83. The smallest absolute Gasteiger partial charge is 0.237 e. The van der Waals surface area contributed by atoms with Gasteiger partial charge in [0.25, 0.3) is 5.92 Å². The molecule has 0 nitrogen and oxygen atoms in total. The highest BCUT2D eigenvalue weighted by Gasteiger charge is 2.46. The first-order chi connectivity index (χ1) is 5.69. The second-order valence-electron chi connectivity index (χ2n) is 2.67. The standard InChI is InChI=1S/C7H9F6/c1-2-3-6(9,10)4-5(8)7(11,12)13/h5H,1-4H2/t5-/m0/s1. The SMILES string of the molecule is [CH2]CCC(F)(F)C[C@H](F)C(F)(F)F. The molecule has 6 heteroatoms. The van der Waals surface area contributed by atoms with Crippen LogP contribution in [0.2, 0.25) is 0 Å². The molecule has 1 atom stereocenters. The van der Waals surface area contributed by atoms with E-state index < -0.39 is 31.1 Å². The van der Waals surface area contributed by atoms with Gasteiger partial charge in [0.2, 0.25) is 6.17 Å². The van der Waals surface area contributed by atoms with Gasteiger partial charge in [-0.05, 0) is 6.42 Å². The van der Waals surface area contributed by atoms with Gasteiger partial charge in [-0.25, -0.2) is 13.2 Å². The summed E-state index contributed by atoms with van der Waals surface area (Å²) in [4.78, 5) is 0. The molecular weight excluding hydrogens is 198 g/mol. The zero-order valence-electron chi connectivity index (χ0n) is 6.67. The summed E-state index contributed by atoms with van der Waals surface area (Å²) in [7, 11) is 0. The summed E-state index contributed by atoms with van der Waals surface area (Å²) >= 11 is 0. The van der Waals surface area contributed by atoms with Crippen molar-refractivity contribution < 1.29 is 26.3 Å². The van der Waals surface area contributed by atoms with Crippen LogP contribution < -0.4 is 0 Å². The van der Waals surface area contributed by atoms with Gasteiger partial charge in [0, 0.05) is 6.42 Å². The van der Waals surface area contributed by atoms with Crippen LogP contribution in [0.5, 0.6) is 0 Å². The normalized spacial score (nSPS) is 15.9. The molecule has 0 aliphatic carbocycles. The van der Waals surface area contributed by atoms with Crippen molar-refractivity contribution in [3.8, 4) is 0 Å². The van der Waals surface area contributed by atoms with Gasteiger partial charge in [-0.3, -0.25) is 0 Å². The van der Waals surface area contributed by atoms with Crippen molar-refractivity contribution in [1.29, 1.82) is 0 Å². The predicted octanol–water partition coefficient (Wildman–Crippen LogP) is 3.53. The van der Waals surface area contributed by atoms with E-state index in [0.29, 0.717) is 0 Å². The molecule has 0 unspecified atom stereocenters.